The van der Waals surface area contributed by atoms with E-state index >= 15 is 0 Å². The molecule has 2 aromatic carbocycles. The van der Waals surface area contributed by atoms with E-state index in [9.17, 15) is 14.7 Å². The van der Waals surface area contributed by atoms with Crippen LogP contribution in [0.15, 0.2) is 53.5 Å². The second kappa shape index (κ2) is 10.6. The van der Waals surface area contributed by atoms with Crippen LogP contribution in [0.2, 0.25) is 0 Å². The number of nitrogens with one attached hydrogen (secondary N) is 1. The Morgan fingerprint density at radius 1 is 1.32 bits per heavy atom. The van der Waals surface area contributed by atoms with E-state index in [-0.39, 0.29) is 30.0 Å². The zero-order valence-corrected chi connectivity index (χ0v) is 19.6. The van der Waals surface area contributed by atoms with Crippen LogP contribution >= 0.6 is 0 Å². The molecule has 1 fully saturated rings. The Bertz CT molecular complexity index is 1290. The number of carbonyl (C=O) groups excluding carboxylic acids is 1. The maximum atomic E-state index is 13.4. The van der Waals surface area contributed by atoms with E-state index in [1.165, 1.54) is 6.20 Å². The third-order valence-corrected chi connectivity index (χ3v) is 6.22. The van der Waals surface area contributed by atoms with Gasteiger partial charge in [0.15, 0.2) is 0 Å². The lowest BCUT2D eigenvalue weighted by atomic mass is 10.0. The summed E-state index contributed by atoms with van der Waals surface area (Å²) in [7, 11) is 1.83. The van der Waals surface area contributed by atoms with Crippen LogP contribution in [0.1, 0.15) is 42.5 Å². The van der Waals surface area contributed by atoms with Crippen LogP contribution < -0.4 is 5.56 Å². The number of likely N-dealkylation sites (N-methyl/N-ethyl adjacent to an activating group) is 1. The second-order valence-electron chi connectivity index (χ2n) is 8.78. The monoisotopic (exact) mass is 458 g/mol. The van der Waals surface area contributed by atoms with E-state index in [1.54, 1.807) is 4.90 Å². The van der Waals surface area contributed by atoms with Gasteiger partial charge in [0.25, 0.3) is 5.56 Å². The number of likely N-dealkylation sites (tertiary alicyclic amines) is 1. The molecule has 176 valence electrons. The van der Waals surface area contributed by atoms with Crippen LogP contribution in [0.4, 0.5) is 0 Å². The number of aromatic nitrogens is 2. The number of amides is 1. The number of benzene rings is 2. The van der Waals surface area contributed by atoms with Crippen LogP contribution in [-0.2, 0) is 11.2 Å². The maximum Gasteiger partial charge on any atom is 0.266 e. The summed E-state index contributed by atoms with van der Waals surface area (Å²) >= 11 is 0. The summed E-state index contributed by atoms with van der Waals surface area (Å²) in [6.07, 6.45) is 2.66. The molecule has 7 nitrogen and oxygen atoms in total. The SMILES string of the molecule is CCC#Cc1cccc([C@@H](CN2CCC(O)C2)N(C)C(=O)Cc2ccc3ncc(=O)[nH]c3c2)c1. The van der Waals surface area contributed by atoms with Crippen molar-refractivity contribution in [3.63, 3.8) is 0 Å². The number of fused-ring (bicyclic) bond motifs is 1. The summed E-state index contributed by atoms with van der Waals surface area (Å²) in [6, 6.07) is 13.4. The van der Waals surface area contributed by atoms with E-state index < -0.39 is 0 Å². The van der Waals surface area contributed by atoms with Gasteiger partial charge in [0.05, 0.1) is 35.8 Å². The molecule has 34 heavy (non-hydrogen) atoms. The molecule has 4 rings (SSSR count). The standard InChI is InChI=1S/C27H30N4O3/c1-3-4-6-19-7-5-8-21(13-19)25(18-31-12-11-22(32)17-31)30(2)27(34)15-20-9-10-23-24(14-20)29-26(33)16-28-23/h5,7-10,13-14,16,22,25,32H,3,11-12,15,17-18H2,1-2H3,(H,29,33)/t22?,25-/m1/s1. The van der Waals surface area contributed by atoms with Crippen molar-refractivity contribution >= 4 is 16.9 Å². The molecule has 1 saturated heterocycles. The third kappa shape index (κ3) is 5.71. The van der Waals surface area contributed by atoms with Gasteiger partial charge in [-0.25, -0.2) is 4.98 Å². The number of rotatable bonds is 6. The molecular weight excluding hydrogens is 428 g/mol. The fraction of sp³-hybridized carbons (Fsp3) is 0.370. The number of hydrogen-bond acceptors (Lipinski definition) is 5. The summed E-state index contributed by atoms with van der Waals surface area (Å²) in [4.78, 5) is 35.9. The van der Waals surface area contributed by atoms with Crippen LogP contribution in [0.25, 0.3) is 11.0 Å². The van der Waals surface area contributed by atoms with E-state index in [4.69, 9.17) is 0 Å². The number of aromatic amines is 1. The lowest BCUT2D eigenvalue weighted by molar-refractivity contribution is -0.131. The van der Waals surface area contributed by atoms with Gasteiger partial charge in [-0.3, -0.25) is 14.5 Å². The van der Waals surface area contributed by atoms with Crippen molar-refractivity contribution in [3.8, 4) is 11.8 Å². The van der Waals surface area contributed by atoms with E-state index in [0.29, 0.717) is 24.1 Å². The first kappa shape index (κ1) is 23.7. The Morgan fingerprint density at radius 2 is 2.18 bits per heavy atom. The maximum absolute atomic E-state index is 13.4. The zero-order chi connectivity index (χ0) is 24.1. The van der Waals surface area contributed by atoms with Gasteiger partial charge in [-0.2, -0.15) is 0 Å². The Morgan fingerprint density at radius 3 is 2.94 bits per heavy atom. The summed E-state index contributed by atoms with van der Waals surface area (Å²) in [5.74, 6) is 6.26. The van der Waals surface area contributed by atoms with Crippen LogP contribution in [0, 0.1) is 11.8 Å². The predicted octanol–water partition coefficient (Wildman–Crippen LogP) is 2.49. The van der Waals surface area contributed by atoms with Gasteiger partial charge in [-0.05, 0) is 41.8 Å². The normalized spacial score (nSPS) is 16.7. The average molecular weight is 459 g/mol. The lowest BCUT2D eigenvalue weighted by Gasteiger charge is -2.32. The molecule has 1 amide bonds. The van der Waals surface area contributed by atoms with Crippen molar-refractivity contribution in [1.29, 1.82) is 0 Å². The number of carbonyl (C=O) groups is 1. The molecule has 0 radical (unpaired) electrons. The molecule has 1 aromatic heterocycles. The number of H-pyrrole nitrogens is 1. The number of aliphatic hydroxyl groups excluding tert-OH is 1. The summed E-state index contributed by atoms with van der Waals surface area (Å²) in [5.41, 5.74) is 3.78. The Balaban J connectivity index is 1.58. The fourth-order valence-corrected chi connectivity index (χ4v) is 4.36. The number of nitrogens with zero attached hydrogens (tertiary/aromatic N) is 3. The van der Waals surface area contributed by atoms with Crippen LogP contribution in [0.3, 0.4) is 0 Å². The highest BCUT2D eigenvalue weighted by Gasteiger charge is 2.28. The van der Waals surface area contributed by atoms with Crippen molar-refractivity contribution in [2.75, 3.05) is 26.7 Å². The van der Waals surface area contributed by atoms with Crippen molar-refractivity contribution in [2.24, 2.45) is 0 Å². The van der Waals surface area contributed by atoms with Gasteiger partial charge >= 0.3 is 0 Å². The number of β-amino-alcohol motifs (C(OH)–C–C–N with tert-alkyl or cyclic N) is 1. The van der Waals surface area contributed by atoms with Crippen molar-refractivity contribution in [2.45, 2.75) is 38.3 Å². The van der Waals surface area contributed by atoms with Gasteiger partial charge in [0.1, 0.15) is 0 Å². The molecule has 0 saturated carbocycles. The third-order valence-electron chi connectivity index (χ3n) is 6.22. The molecule has 2 N–H and O–H groups in total. The molecule has 3 aromatic rings. The first-order valence-electron chi connectivity index (χ1n) is 11.7. The highest BCUT2D eigenvalue weighted by Crippen LogP contribution is 2.25. The molecule has 0 spiro atoms. The van der Waals surface area contributed by atoms with Crippen LogP contribution in [-0.4, -0.2) is 63.6 Å². The molecule has 1 unspecified atom stereocenters. The van der Waals surface area contributed by atoms with E-state index in [1.807, 2.05) is 50.4 Å². The molecule has 1 aliphatic heterocycles. The first-order valence-corrected chi connectivity index (χ1v) is 11.7. The van der Waals surface area contributed by atoms with Crippen molar-refractivity contribution in [1.82, 2.24) is 19.8 Å². The molecular formula is C27H30N4O3. The predicted molar refractivity (Wildman–Crippen MR) is 132 cm³/mol. The molecule has 0 aliphatic carbocycles. The number of aliphatic hydroxyl groups is 1. The minimum Gasteiger partial charge on any atom is -0.392 e. The number of hydrogen-bond donors (Lipinski definition) is 2. The average Bonchev–Trinajstić information content (AvgIpc) is 3.25. The minimum absolute atomic E-state index is 0.0274. The van der Waals surface area contributed by atoms with Gasteiger partial charge < -0.3 is 15.0 Å². The fourth-order valence-electron chi connectivity index (χ4n) is 4.36. The Hall–Kier alpha value is -3.47. The highest BCUT2D eigenvalue weighted by molar-refractivity contribution is 5.81. The summed E-state index contributed by atoms with van der Waals surface area (Å²) < 4.78 is 0. The van der Waals surface area contributed by atoms with Gasteiger partial charge in [0.2, 0.25) is 5.91 Å². The van der Waals surface area contributed by atoms with Gasteiger partial charge in [-0.15, -0.1) is 0 Å². The topological polar surface area (TPSA) is 89.5 Å². The van der Waals surface area contributed by atoms with E-state index in [0.717, 1.165) is 36.1 Å². The van der Waals surface area contributed by atoms with Gasteiger partial charge in [0, 0.05) is 38.7 Å². The molecule has 2 atom stereocenters. The van der Waals surface area contributed by atoms with Crippen molar-refractivity contribution < 1.29 is 9.90 Å². The summed E-state index contributed by atoms with van der Waals surface area (Å²) in [6.45, 7) is 4.07. The minimum atomic E-state index is -0.322. The smallest absolute Gasteiger partial charge is 0.266 e. The molecule has 1 aliphatic rings. The Kier molecular flexibility index (Phi) is 7.41. The highest BCUT2D eigenvalue weighted by atomic mass is 16.3. The van der Waals surface area contributed by atoms with E-state index in [2.05, 4.69) is 32.8 Å². The first-order chi connectivity index (χ1) is 16.4. The summed E-state index contributed by atoms with van der Waals surface area (Å²) in [5, 5.41) is 10.0. The molecule has 2 heterocycles. The largest absolute Gasteiger partial charge is 0.392 e. The van der Waals surface area contributed by atoms with Crippen LogP contribution in [0.5, 0.6) is 0 Å². The lowest BCUT2D eigenvalue weighted by Crippen LogP contribution is -2.39. The molecule has 0 bridgehead atoms. The quantitative estimate of drug-likeness (QED) is 0.554. The van der Waals surface area contributed by atoms with Crippen molar-refractivity contribution in [3.05, 3.63) is 75.7 Å². The zero-order valence-electron chi connectivity index (χ0n) is 19.6. The Labute approximate surface area is 199 Å². The van der Waals surface area contributed by atoms with Gasteiger partial charge in [-0.1, -0.05) is 37.0 Å². The second-order valence-corrected chi connectivity index (χ2v) is 8.78. The molecule has 7 heteroatoms.